The Morgan fingerprint density at radius 3 is 2.53 bits per heavy atom. The van der Waals surface area contributed by atoms with Gasteiger partial charge in [-0.3, -0.25) is 9.59 Å². The summed E-state index contributed by atoms with van der Waals surface area (Å²) >= 11 is 0. The van der Waals surface area contributed by atoms with Crippen molar-refractivity contribution in [3.63, 3.8) is 0 Å². The average Bonchev–Trinajstić information content (AvgIpc) is 3.42. The van der Waals surface area contributed by atoms with Gasteiger partial charge in [-0.2, -0.15) is 0 Å². The van der Waals surface area contributed by atoms with Gasteiger partial charge >= 0.3 is 0 Å². The SMILES string of the molecule is Cc1ccccc1Cn1c(C(=O)N2CCN(C(=O)c3ccc(F)cc3)C(C)C2)cc2ccoc21. The summed E-state index contributed by atoms with van der Waals surface area (Å²) in [5.41, 5.74) is 3.96. The van der Waals surface area contributed by atoms with Gasteiger partial charge in [0.1, 0.15) is 11.5 Å². The minimum atomic E-state index is -0.376. The van der Waals surface area contributed by atoms with Gasteiger partial charge in [-0.15, -0.1) is 0 Å². The number of furan rings is 1. The smallest absolute Gasteiger partial charge is 0.270 e. The number of rotatable bonds is 4. The van der Waals surface area contributed by atoms with Crippen LogP contribution in [0.1, 0.15) is 38.9 Å². The van der Waals surface area contributed by atoms with Crippen LogP contribution in [-0.2, 0) is 6.54 Å². The molecule has 6 nitrogen and oxygen atoms in total. The van der Waals surface area contributed by atoms with Gasteiger partial charge in [-0.1, -0.05) is 24.3 Å². The van der Waals surface area contributed by atoms with Crippen molar-refractivity contribution in [1.82, 2.24) is 14.4 Å². The number of halogens is 1. The third-order valence-corrected chi connectivity index (χ3v) is 6.58. The molecule has 2 aromatic heterocycles. The number of amides is 2. The van der Waals surface area contributed by atoms with E-state index in [4.69, 9.17) is 4.42 Å². The number of hydrogen-bond donors (Lipinski definition) is 0. The number of aromatic nitrogens is 1. The Bertz CT molecular complexity index is 1360. The van der Waals surface area contributed by atoms with E-state index in [2.05, 4.69) is 19.1 Å². The minimum Gasteiger partial charge on any atom is -0.448 e. The van der Waals surface area contributed by atoms with Crippen molar-refractivity contribution in [2.75, 3.05) is 19.6 Å². The molecule has 0 N–H and O–H groups in total. The van der Waals surface area contributed by atoms with Crippen molar-refractivity contribution in [3.8, 4) is 0 Å². The molecule has 0 saturated carbocycles. The predicted octanol–water partition coefficient (Wildman–Crippen LogP) is 4.72. The fourth-order valence-electron chi connectivity index (χ4n) is 4.63. The Labute approximate surface area is 197 Å². The second-order valence-corrected chi connectivity index (χ2v) is 8.83. The molecule has 2 aromatic carbocycles. The van der Waals surface area contributed by atoms with Crippen molar-refractivity contribution < 1.29 is 18.4 Å². The second-order valence-electron chi connectivity index (χ2n) is 8.83. The molecular formula is C27H26FN3O3. The van der Waals surface area contributed by atoms with E-state index in [1.165, 1.54) is 24.3 Å². The Morgan fingerprint density at radius 2 is 1.79 bits per heavy atom. The third kappa shape index (κ3) is 3.98. The Kier molecular flexibility index (Phi) is 5.69. The summed E-state index contributed by atoms with van der Waals surface area (Å²) in [6, 6.07) is 17.2. The summed E-state index contributed by atoms with van der Waals surface area (Å²) in [7, 11) is 0. The first-order valence-electron chi connectivity index (χ1n) is 11.4. The molecule has 0 spiro atoms. The predicted molar refractivity (Wildman–Crippen MR) is 127 cm³/mol. The van der Waals surface area contributed by atoms with Gasteiger partial charge < -0.3 is 18.8 Å². The molecule has 5 rings (SSSR count). The van der Waals surface area contributed by atoms with Crippen molar-refractivity contribution in [2.45, 2.75) is 26.4 Å². The minimum absolute atomic E-state index is 0.0827. The molecule has 34 heavy (non-hydrogen) atoms. The number of carbonyl (C=O) groups excluding carboxylic acids is 2. The summed E-state index contributed by atoms with van der Waals surface area (Å²) in [6.07, 6.45) is 1.63. The molecule has 1 aliphatic heterocycles. The molecule has 1 atom stereocenters. The number of nitrogens with zero attached hydrogens (tertiary/aromatic N) is 3. The second kappa shape index (κ2) is 8.82. The first-order valence-corrected chi connectivity index (χ1v) is 11.4. The third-order valence-electron chi connectivity index (χ3n) is 6.58. The zero-order valence-electron chi connectivity index (χ0n) is 19.2. The summed E-state index contributed by atoms with van der Waals surface area (Å²) in [4.78, 5) is 30.1. The van der Waals surface area contributed by atoms with Crippen LogP contribution in [0.5, 0.6) is 0 Å². The molecule has 0 radical (unpaired) electrons. The fourth-order valence-corrected chi connectivity index (χ4v) is 4.63. The van der Waals surface area contributed by atoms with Crippen LogP contribution in [0.4, 0.5) is 4.39 Å². The van der Waals surface area contributed by atoms with E-state index in [1.54, 1.807) is 16.1 Å². The van der Waals surface area contributed by atoms with E-state index >= 15 is 0 Å². The summed E-state index contributed by atoms with van der Waals surface area (Å²) < 4.78 is 20.9. The molecular weight excluding hydrogens is 433 g/mol. The van der Waals surface area contributed by atoms with Gasteiger partial charge in [0.25, 0.3) is 11.8 Å². The van der Waals surface area contributed by atoms with Crippen LogP contribution in [0, 0.1) is 12.7 Å². The van der Waals surface area contributed by atoms with Crippen LogP contribution in [0.25, 0.3) is 11.1 Å². The molecule has 1 fully saturated rings. The number of fused-ring (bicyclic) bond motifs is 1. The number of carbonyl (C=O) groups is 2. The number of aryl methyl sites for hydroxylation is 1. The Balaban J connectivity index is 1.37. The lowest BCUT2D eigenvalue weighted by Crippen LogP contribution is -2.55. The van der Waals surface area contributed by atoms with Gasteiger partial charge in [-0.05, 0) is 61.4 Å². The number of piperazine rings is 1. The maximum atomic E-state index is 13.6. The molecule has 0 bridgehead atoms. The van der Waals surface area contributed by atoms with Crippen molar-refractivity contribution in [1.29, 1.82) is 0 Å². The fraction of sp³-hybridized carbons (Fsp3) is 0.259. The molecule has 7 heteroatoms. The highest BCUT2D eigenvalue weighted by atomic mass is 19.1. The van der Waals surface area contributed by atoms with Crippen LogP contribution in [-0.4, -0.2) is 51.9 Å². The van der Waals surface area contributed by atoms with Crippen LogP contribution >= 0.6 is 0 Å². The van der Waals surface area contributed by atoms with Gasteiger partial charge in [0.2, 0.25) is 5.71 Å². The van der Waals surface area contributed by atoms with Crippen LogP contribution in [0.3, 0.4) is 0 Å². The topological polar surface area (TPSA) is 58.7 Å². The van der Waals surface area contributed by atoms with Crippen LogP contribution in [0.2, 0.25) is 0 Å². The van der Waals surface area contributed by atoms with E-state index in [9.17, 15) is 14.0 Å². The number of benzene rings is 2. The Morgan fingerprint density at radius 1 is 1.03 bits per heavy atom. The summed E-state index contributed by atoms with van der Waals surface area (Å²) in [5.74, 6) is -0.611. The zero-order chi connectivity index (χ0) is 23.8. The molecule has 174 valence electrons. The lowest BCUT2D eigenvalue weighted by Gasteiger charge is -2.40. The van der Waals surface area contributed by atoms with E-state index in [0.717, 1.165) is 16.5 Å². The van der Waals surface area contributed by atoms with E-state index < -0.39 is 0 Å². The van der Waals surface area contributed by atoms with Gasteiger partial charge in [-0.25, -0.2) is 4.39 Å². The summed E-state index contributed by atoms with van der Waals surface area (Å²) in [6.45, 7) is 5.77. The molecule has 1 saturated heterocycles. The lowest BCUT2D eigenvalue weighted by atomic mass is 10.1. The van der Waals surface area contributed by atoms with Crippen molar-refractivity contribution in [3.05, 3.63) is 95.1 Å². The maximum absolute atomic E-state index is 13.6. The summed E-state index contributed by atoms with van der Waals surface area (Å²) in [5, 5.41) is 0.884. The van der Waals surface area contributed by atoms with Crippen molar-refractivity contribution in [2.24, 2.45) is 0 Å². The first-order chi connectivity index (χ1) is 16.4. The van der Waals surface area contributed by atoms with Gasteiger partial charge in [0, 0.05) is 36.6 Å². The van der Waals surface area contributed by atoms with Gasteiger partial charge in [0.15, 0.2) is 0 Å². The normalized spacial score (nSPS) is 16.3. The molecule has 1 unspecified atom stereocenters. The highest BCUT2D eigenvalue weighted by Crippen LogP contribution is 2.25. The molecule has 3 heterocycles. The highest BCUT2D eigenvalue weighted by Gasteiger charge is 2.32. The maximum Gasteiger partial charge on any atom is 0.270 e. The van der Waals surface area contributed by atoms with E-state index in [-0.39, 0.29) is 23.7 Å². The molecule has 2 amide bonds. The highest BCUT2D eigenvalue weighted by molar-refractivity contribution is 5.98. The average molecular weight is 460 g/mol. The van der Waals surface area contributed by atoms with Crippen molar-refractivity contribution >= 4 is 22.9 Å². The van der Waals surface area contributed by atoms with E-state index in [0.29, 0.717) is 43.1 Å². The first kappa shape index (κ1) is 21.9. The molecule has 4 aromatic rings. The molecule has 1 aliphatic rings. The number of hydrogen-bond acceptors (Lipinski definition) is 3. The van der Waals surface area contributed by atoms with Crippen LogP contribution < -0.4 is 0 Å². The monoisotopic (exact) mass is 459 g/mol. The van der Waals surface area contributed by atoms with E-state index in [1.807, 2.05) is 35.8 Å². The van der Waals surface area contributed by atoms with Gasteiger partial charge in [0.05, 0.1) is 12.8 Å². The Hall–Kier alpha value is -3.87. The largest absolute Gasteiger partial charge is 0.448 e. The van der Waals surface area contributed by atoms with Crippen LogP contribution in [0.15, 0.2) is 71.3 Å². The zero-order valence-corrected chi connectivity index (χ0v) is 19.2. The quantitative estimate of drug-likeness (QED) is 0.444. The molecule has 0 aliphatic carbocycles. The lowest BCUT2D eigenvalue weighted by molar-refractivity contribution is 0.0409. The standard InChI is InChI=1S/C27H26FN3O3/c1-18-5-3-4-6-22(18)17-31-24(15-21-11-14-34-27(21)31)26(33)29-12-13-30(19(2)16-29)25(32)20-7-9-23(28)10-8-20/h3-11,14-15,19H,12-13,16-17H2,1-2H3.